The third-order valence-corrected chi connectivity index (χ3v) is 4.73. The van der Waals surface area contributed by atoms with E-state index in [1.54, 1.807) is 36.2 Å². The maximum atomic E-state index is 12.6. The predicted molar refractivity (Wildman–Crippen MR) is 103 cm³/mol. The maximum absolute atomic E-state index is 12.6. The highest BCUT2D eigenvalue weighted by molar-refractivity contribution is 9.10. The number of rotatable bonds is 4. The van der Waals surface area contributed by atoms with E-state index in [-0.39, 0.29) is 24.1 Å². The van der Waals surface area contributed by atoms with Crippen LogP contribution in [0.3, 0.4) is 0 Å². The third kappa shape index (κ3) is 3.94. The van der Waals surface area contributed by atoms with Crippen molar-refractivity contribution in [3.05, 3.63) is 58.6 Å². The molecule has 3 rings (SSSR count). The average Bonchev–Trinajstić information content (AvgIpc) is 3.03. The quantitative estimate of drug-likeness (QED) is 0.805. The lowest BCUT2D eigenvalue weighted by Crippen LogP contribution is -2.28. The van der Waals surface area contributed by atoms with Gasteiger partial charge in [-0.05, 0) is 36.4 Å². The SMILES string of the molecule is CNC(=O)c1cccc(NC(=O)[C@H]2CC(=O)N(c3cccc(Br)c3)C2)c1. The number of nitrogens with one attached hydrogen (secondary N) is 2. The first kappa shape index (κ1) is 18.1. The van der Waals surface area contributed by atoms with Crippen molar-refractivity contribution in [2.45, 2.75) is 6.42 Å². The van der Waals surface area contributed by atoms with Gasteiger partial charge in [0.1, 0.15) is 0 Å². The first-order chi connectivity index (χ1) is 12.5. The Morgan fingerprint density at radius 3 is 2.65 bits per heavy atom. The molecule has 0 aliphatic carbocycles. The van der Waals surface area contributed by atoms with Crippen molar-refractivity contribution in [1.29, 1.82) is 0 Å². The molecule has 2 aromatic carbocycles. The summed E-state index contributed by atoms with van der Waals surface area (Å²) in [6, 6.07) is 14.1. The van der Waals surface area contributed by atoms with Crippen molar-refractivity contribution in [2.75, 3.05) is 23.8 Å². The molecule has 2 N–H and O–H groups in total. The minimum atomic E-state index is -0.440. The van der Waals surface area contributed by atoms with E-state index < -0.39 is 5.92 Å². The summed E-state index contributed by atoms with van der Waals surface area (Å²) in [6.07, 6.45) is 0.160. The van der Waals surface area contributed by atoms with E-state index in [0.29, 0.717) is 17.8 Å². The lowest BCUT2D eigenvalue weighted by molar-refractivity contribution is -0.122. The van der Waals surface area contributed by atoms with Crippen LogP contribution >= 0.6 is 15.9 Å². The molecule has 0 aromatic heterocycles. The van der Waals surface area contributed by atoms with Gasteiger partial charge in [-0.1, -0.05) is 28.1 Å². The lowest BCUT2D eigenvalue weighted by Gasteiger charge is -2.17. The third-order valence-electron chi connectivity index (χ3n) is 4.24. The van der Waals surface area contributed by atoms with Crippen LogP contribution < -0.4 is 15.5 Å². The summed E-state index contributed by atoms with van der Waals surface area (Å²) < 4.78 is 0.877. The Balaban J connectivity index is 1.70. The fraction of sp³-hybridized carbons (Fsp3) is 0.211. The molecule has 1 atom stereocenters. The van der Waals surface area contributed by atoms with E-state index in [1.807, 2.05) is 24.3 Å². The number of carbonyl (C=O) groups is 3. The lowest BCUT2D eigenvalue weighted by atomic mass is 10.1. The van der Waals surface area contributed by atoms with Gasteiger partial charge in [0.2, 0.25) is 11.8 Å². The first-order valence-electron chi connectivity index (χ1n) is 8.17. The largest absolute Gasteiger partial charge is 0.355 e. The summed E-state index contributed by atoms with van der Waals surface area (Å²) in [4.78, 5) is 38.2. The van der Waals surface area contributed by atoms with Gasteiger partial charge in [-0.2, -0.15) is 0 Å². The zero-order valence-electron chi connectivity index (χ0n) is 14.2. The smallest absolute Gasteiger partial charge is 0.251 e. The first-order valence-corrected chi connectivity index (χ1v) is 8.96. The van der Waals surface area contributed by atoms with Crippen molar-refractivity contribution in [3.8, 4) is 0 Å². The highest BCUT2D eigenvalue weighted by Crippen LogP contribution is 2.28. The molecule has 1 aliphatic heterocycles. The van der Waals surface area contributed by atoms with Crippen molar-refractivity contribution < 1.29 is 14.4 Å². The normalized spacial score (nSPS) is 16.5. The molecule has 0 saturated carbocycles. The number of anilines is 2. The Bertz CT molecular complexity index is 869. The van der Waals surface area contributed by atoms with Crippen LogP contribution in [-0.4, -0.2) is 31.3 Å². The maximum Gasteiger partial charge on any atom is 0.251 e. The van der Waals surface area contributed by atoms with E-state index in [0.717, 1.165) is 10.2 Å². The highest BCUT2D eigenvalue weighted by atomic mass is 79.9. The summed E-state index contributed by atoms with van der Waals surface area (Å²) in [5.74, 6) is -0.977. The second-order valence-corrected chi connectivity index (χ2v) is 6.95. The highest BCUT2D eigenvalue weighted by Gasteiger charge is 2.35. The second-order valence-electron chi connectivity index (χ2n) is 6.03. The van der Waals surface area contributed by atoms with Crippen LogP contribution in [0.25, 0.3) is 0 Å². The molecule has 0 radical (unpaired) electrons. The van der Waals surface area contributed by atoms with Crippen molar-refractivity contribution >= 4 is 45.0 Å². The molecule has 7 heteroatoms. The molecule has 0 bridgehead atoms. The minimum absolute atomic E-state index is 0.0811. The van der Waals surface area contributed by atoms with E-state index in [1.165, 1.54) is 0 Å². The number of halogens is 1. The molecule has 134 valence electrons. The molecular weight excluding hydrogens is 398 g/mol. The number of benzene rings is 2. The standard InChI is InChI=1S/C19H18BrN3O3/c1-21-18(25)12-4-2-6-15(8-12)22-19(26)13-9-17(24)23(11-13)16-7-3-5-14(20)10-16/h2-8,10,13H,9,11H2,1H3,(H,21,25)(H,22,26)/t13-/m0/s1. The van der Waals surface area contributed by atoms with E-state index in [2.05, 4.69) is 26.6 Å². The molecule has 1 aliphatic rings. The van der Waals surface area contributed by atoms with Crippen LogP contribution in [0.1, 0.15) is 16.8 Å². The van der Waals surface area contributed by atoms with E-state index >= 15 is 0 Å². The van der Waals surface area contributed by atoms with Crippen LogP contribution in [0.15, 0.2) is 53.0 Å². The van der Waals surface area contributed by atoms with Gasteiger partial charge >= 0.3 is 0 Å². The van der Waals surface area contributed by atoms with Gasteiger partial charge in [0.25, 0.3) is 5.91 Å². The van der Waals surface area contributed by atoms with Crippen molar-refractivity contribution in [1.82, 2.24) is 5.32 Å². The van der Waals surface area contributed by atoms with Crippen molar-refractivity contribution in [2.24, 2.45) is 5.92 Å². The van der Waals surface area contributed by atoms with Crippen LogP contribution in [0, 0.1) is 5.92 Å². The van der Waals surface area contributed by atoms with Crippen LogP contribution in [0.5, 0.6) is 0 Å². The van der Waals surface area contributed by atoms with Crippen LogP contribution in [0.4, 0.5) is 11.4 Å². The zero-order valence-corrected chi connectivity index (χ0v) is 15.7. The Kier molecular flexibility index (Phi) is 5.37. The molecule has 1 fully saturated rings. The van der Waals surface area contributed by atoms with Gasteiger partial charge < -0.3 is 15.5 Å². The Labute approximate surface area is 159 Å². The molecular formula is C19H18BrN3O3. The van der Waals surface area contributed by atoms with E-state index in [9.17, 15) is 14.4 Å². The topological polar surface area (TPSA) is 78.5 Å². The average molecular weight is 416 g/mol. The number of carbonyl (C=O) groups excluding carboxylic acids is 3. The summed E-state index contributed by atoms with van der Waals surface area (Å²) in [5, 5.41) is 5.34. The van der Waals surface area contributed by atoms with Crippen LogP contribution in [-0.2, 0) is 9.59 Å². The molecule has 0 unspecified atom stereocenters. The van der Waals surface area contributed by atoms with Gasteiger partial charge in [-0.25, -0.2) is 0 Å². The monoisotopic (exact) mass is 415 g/mol. The Morgan fingerprint density at radius 2 is 1.92 bits per heavy atom. The predicted octanol–water partition coefficient (Wildman–Crippen LogP) is 2.80. The fourth-order valence-corrected chi connectivity index (χ4v) is 3.29. The minimum Gasteiger partial charge on any atom is -0.355 e. The molecule has 1 heterocycles. The van der Waals surface area contributed by atoms with Gasteiger partial charge in [0.05, 0.1) is 5.92 Å². The molecule has 0 spiro atoms. The number of nitrogens with zero attached hydrogens (tertiary/aromatic N) is 1. The molecule has 3 amide bonds. The zero-order chi connectivity index (χ0) is 18.7. The van der Waals surface area contributed by atoms with Gasteiger partial charge in [-0.15, -0.1) is 0 Å². The van der Waals surface area contributed by atoms with Gasteiger partial charge in [-0.3, -0.25) is 14.4 Å². The Hall–Kier alpha value is -2.67. The van der Waals surface area contributed by atoms with E-state index in [4.69, 9.17) is 0 Å². The van der Waals surface area contributed by atoms with Gasteiger partial charge in [0, 0.05) is 41.4 Å². The number of amides is 3. The van der Waals surface area contributed by atoms with Crippen LogP contribution in [0.2, 0.25) is 0 Å². The summed E-state index contributed by atoms with van der Waals surface area (Å²) in [7, 11) is 1.55. The summed E-state index contributed by atoms with van der Waals surface area (Å²) >= 11 is 3.39. The molecule has 6 nitrogen and oxygen atoms in total. The van der Waals surface area contributed by atoms with Gasteiger partial charge in [0.15, 0.2) is 0 Å². The Morgan fingerprint density at radius 1 is 1.15 bits per heavy atom. The molecule has 2 aromatic rings. The molecule has 1 saturated heterocycles. The number of hydrogen-bond acceptors (Lipinski definition) is 3. The number of hydrogen-bond donors (Lipinski definition) is 2. The molecule has 26 heavy (non-hydrogen) atoms. The second kappa shape index (κ2) is 7.70. The fourth-order valence-electron chi connectivity index (χ4n) is 2.90. The van der Waals surface area contributed by atoms with Crippen molar-refractivity contribution in [3.63, 3.8) is 0 Å². The summed E-state index contributed by atoms with van der Waals surface area (Å²) in [5.41, 5.74) is 1.76. The summed E-state index contributed by atoms with van der Waals surface area (Å²) in [6.45, 7) is 0.330.